The van der Waals surface area contributed by atoms with E-state index in [1.807, 2.05) is 41.9 Å². The first-order chi connectivity index (χ1) is 11.1. The summed E-state index contributed by atoms with van der Waals surface area (Å²) in [6.45, 7) is 0. The highest BCUT2D eigenvalue weighted by molar-refractivity contribution is 7.98. The minimum absolute atomic E-state index is 0.184. The van der Waals surface area contributed by atoms with Gasteiger partial charge in [-0.05, 0) is 11.1 Å². The van der Waals surface area contributed by atoms with Crippen molar-refractivity contribution in [1.82, 2.24) is 14.8 Å². The first-order valence-electron chi connectivity index (χ1n) is 7.03. The number of carboxylic acids is 1. The van der Waals surface area contributed by atoms with E-state index in [-0.39, 0.29) is 5.56 Å². The third-order valence-corrected chi connectivity index (χ3v) is 4.52. The Bertz CT molecular complexity index is 814. The van der Waals surface area contributed by atoms with Gasteiger partial charge in [0.25, 0.3) is 0 Å². The minimum Gasteiger partial charge on any atom is -0.545 e. The van der Waals surface area contributed by atoms with Crippen LogP contribution in [-0.2, 0) is 12.8 Å². The summed E-state index contributed by atoms with van der Waals surface area (Å²) < 4.78 is 1.95. The Morgan fingerprint density at radius 1 is 1.09 bits per heavy atom. The van der Waals surface area contributed by atoms with Crippen molar-refractivity contribution in [3.63, 3.8) is 0 Å². The van der Waals surface area contributed by atoms with Gasteiger partial charge in [0, 0.05) is 18.4 Å². The lowest BCUT2D eigenvalue weighted by Crippen LogP contribution is -2.21. The van der Waals surface area contributed by atoms with Crippen molar-refractivity contribution < 1.29 is 9.90 Å². The van der Waals surface area contributed by atoms with Crippen LogP contribution >= 0.6 is 11.8 Å². The molecule has 3 aromatic rings. The van der Waals surface area contributed by atoms with E-state index in [0.29, 0.717) is 5.75 Å². The Kier molecular flexibility index (Phi) is 4.43. The molecule has 0 saturated carbocycles. The summed E-state index contributed by atoms with van der Waals surface area (Å²) in [4.78, 5) is 10.7. The highest BCUT2D eigenvalue weighted by atomic mass is 32.2. The largest absolute Gasteiger partial charge is 0.545 e. The summed E-state index contributed by atoms with van der Waals surface area (Å²) in [5.74, 6) is 0.346. The molecule has 0 aliphatic carbocycles. The lowest BCUT2D eigenvalue weighted by atomic mass is 10.1. The molecule has 0 N–H and O–H groups in total. The fourth-order valence-corrected chi connectivity index (χ4v) is 3.03. The molecular weight excluding hydrogens is 310 g/mol. The van der Waals surface area contributed by atoms with Crippen molar-refractivity contribution >= 4 is 17.7 Å². The molecule has 0 fully saturated rings. The van der Waals surface area contributed by atoms with Gasteiger partial charge in [0.15, 0.2) is 11.0 Å². The van der Waals surface area contributed by atoms with Crippen molar-refractivity contribution in [2.75, 3.05) is 0 Å². The lowest BCUT2D eigenvalue weighted by molar-refractivity contribution is -0.255. The molecular formula is C17H14N3O2S-. The number of nitrogens with zero attached hydrogens (tertiary/aromatic N) is 3. The first-order valence-corrected chi connectivity index (χ1v) is 8.01. The van der Waals surface area contributed by atoms with Gasteiger partial charge in [-0.15, -0.1) is 10.2 Å². The van der Waals surface area contributed by atoms with Crippen LogP contribution in [0.1, 0.15) is 15.9 Å². The average molecular weight is 324 g/mol. The maximum atomic E-state index is 10.7. The predicted molar refractivity (Wildman–Crippen MR) is 86.8 cm³/mol. The Morgan fingerprint density at radius 3 is 2.43 bits per heavy atom. The molecule has 6 heteroatoms. The minimum atomic E-state index is -1.16. The van der Waals surface area contributed by atoms with Crippen molar-refractivity contribution in [2.45, 2.75) is 10.9 Å². The fourth-order valence-electron chi connectivity index (χ4n) is 2.16. The van der Waals surface area contributed by atoms with Crippen LogP contribution in [0.15, 0.2) is 59.8 Å². The Hall–Kier alpha value is -2.60. The van der Waals surface area contributed by atoms with Crippen LogP contribution in [0.25, 0.3) is 11.4 Å². The van der Waals surface area contributed by atoms with Gasteiger partial charge in [-0.2, -0.15) is 0 Å². The first kappa shape index (κ1) is 15.3. The number of hydrogen-bond donors (Lipinski definition) is 0. The summed E-state index contributed by atoms with van der Waals surface area (Å²) in [6, 6.07) is 16.6. The van der Waals surface area contributed by atoms with Crippen LogP contribution in [0.2, 0.25) is 0 Å². The molecule has 0 radical (unpaired) electrons. The Balaban J connectivity index is 1.72. The zero-order chi connectivity index (χ0) is 16.2. The Morgan fingerprint density at radius 2 is 1.78 bits per heavy atom. The second kappa shape index (κ2) is 6.66. The summed E-state index contributed by atoms with van der Waals surface area (Å²) in [5.41, 5.74) is 2.22. The molecule has 0 amide bonds. The fraction of sp³-hybridized carbons (Fsp3) is 0.118. The van der Waals surface area contributed by atoms with E-state index in [1.54, 1.807) is 36.0 Å². The zero-order valence-electron chi connectivity index (χ0n) is 12.5. The number of thioether (sulfide) groups is 1. The smallest absolute Gasteiger partial charge is 0.191 e. The maximum Gasteiger partial charge on any atom is 0.191 e. The van der Waals surface area contributed by atoms with Crippen LogP contribution in [0.5, 0.6) is 0 Å². The van der Waals surface area contributed by atoms with Gasteiger partial charge < -0.3 is 14.5 Å². The molecule has 0 bridgehead atoms. The van der Waals surface area contributed by atoms with E-state index in [9.17, 15) is 9.90 Å². The molecule has 0 spiro atoms. The quantitative estimate of drug-likeness (QED) is 0.672. The highest BCUT2D eigenvalue weighted by Crippen LogP contribution is 2.25. The van der Waals surface area contributed by atoms with Crippen molar-refractivity contribution in [3.8, 4) is 11.4 Å². The standard InChI is InChI=1S/C17H15N3O2S/c1-20-15(13-5-3-2-4-6-13)18-19-17(20)23-11-12-7-9-14(10-8-12)16(21)22/h2-10H,11H2,1H3,(H,21,22)/p-1. The maximum absolute atomic E-state index is 10.7. The molecule has 2 aromatic carbocycles. The van der Waals surface area contributed by atoms with Gasteiger partial charge in [0.05, 0.1) is 5.97 Å². The molecule has 0 unspecified atom stereocenters. The predicted octanol–water partition coefficient (Wildman–Crippen LogP) is 2.14. The van der Waals surface area contributed by atoms with E-state index in [2.05, 4.69) is 10.2 Å². The van der Waals surface area contributed by atoms with E-state index < -0.39 is 5.97 Å². The number of benzene rings is 2. The third-order valence-electron chi connectivity index (χ3n) is 3.42. The van der Waals surface area contributed by atoms with E-state index in [1.165, 1.54) is 0 Å². The number of hydrogen-bond acceptors (Lipinski definition) is 5. The molecule has 0 atom stereocenters. The average Bonchev–Trinajstić information content (AvgIpc) is 2.95. The van der Waals surface area contributed by atoms with Crippen LogP contribution < -0.4 is 5.11 Å². The molecule has 0 aliphatic heterocycles. The highest BCUT2D eigenvalue weighted by Gasteiger charge is 2.10. The summed E-state index contributed by atoms with van der Waals surface area (Å²) in [7, 11) is 1.93. The van der Waals surface area contributed by atoms with Crippen LogP contribution in [0.3, 0.4) is 0 Å². The molecule has 0 saturated heterocycles. The summed E-state index contributed by atoms with van der Waals surface area (Å²) in [5, 5.41) is 20.0. The summed E-state index contributed by atoms with van der Waals surface area (Å²) >= 11 is 1.56. The normalized spacial score (nSPS) is 10.7. The Labute approximate surface area is 138 Å². The summed E-state index contributed by atoms with van der Waals surface area (Å²) in [6.07, 6.45) is 0. The second-order valence-electron chi connectivity index (χ2n) is 5.00. The van der Waals surface area contributed by atoms with Gasteiger partial charge in [-0.25, -0.2) is 0 Å². The number of carboxylic acid groups (broad SMARTS) is 1. The van der Waals surface area contributed by atoms with E-state index in [0.717, 1.165) is 22.1 Å². The molecule has 116 valence electrons. The number of rotatable bonds is 5. The molecule has 23 heavy (non-hydrogen) atoms. The number of aromatic carboxylic acids is 1. The number of aromatic nitrogens is 3. The number of carbonyl (C=O) groups is 1. The molecule has 5 nitrogen and oxygen atoms in total. The lowest BCUT2D eigenvalue weighted by Gasteiger charge is -2.05. The third kappa shape index (κ3) is 3.43. The topological polar surface area (TPSA) is 70.8 Å². The van der Waals surface area contributed by atoms with E-state index >= 15 is 0 Å². The number of carbonyl (C=O) groups excluding carboxylic acids is 1. The van der Waals surface area contributed by atoms with Crippen molar-refractivity contribution in [1.29, 1.82) is 0 Å². The van der Waals surface area contributed by atoms with Crippen LogP contribution in [-0.4, -0.2) is 20.7 Å². The van der Waals surface area contributed by atoms with Crippen molar-refractivity contribution in [2.24, 2.45) is 7.05 Å². The van der Waals surface area contributed by atoms with Crippen LogP contribution in [0.4, 0.5) is 0 Å². The molecule has 0 aliphatic rings. The molecule has 3 rings (SSSR count). The zero-order valence-corrected chi connectivity index (χ0v) is 13.3. The molecule has 1 aromatic heterocycles. The monoisotopic (exact) mass is 324 g/mol. The van der Waals surface area contributed by atoms with E-state index in [4.69, 9.17) is 0 Å². The SMILES string of the molecule is Cn1c(SCc2ccc(C(=O)[O-])cc2)nnc1-c1ccccc1. The van der Waals surface area contributed by atoms with Gasteiger partial charge >= 0.3 is 0 Å². The molecule has 1 heterocycles. The van der Waals surface area contributed by atoms with Gasteiger partial charge in [-0.1, -0.05) is 66.4 Å². The van der Waals surface area contributed by atoms with Gasteiger partial charge in [0.1, 0.15) is 0 Å². The van der Waals surface area contributed by atoms with Gasteiger partial charge in [0.2, 0.25) is 0 Å². The second-order valence-corrected chi connectivity index (χ2v) is 5.95. The van der Waals surface area contributed by atoms with Crippen LogP contribution in [0, 0.1) is 0 Å². The van der Waals surface area contributed by atoms with Gasteiger partial charge in [-0.3, -0.25) is 0 Å². The van der Waals surface area contributed by atoms with Crippen molar-refractivity contribution in [3.05, 3.63) is 65.7 Å².